The fourth-order valence-electron chi connectivity index (χ4n) is 1.03. The van der Waals surface area contributed by atoms with E-state index in [2.05, 4.69) is 14.6 Å². The van der Waals surface area contributed by atoms with Gasteiger partial charge in [-0.2, -0.15) is 4.21 Å². The molecule has 0 bridgehead atoms. The molecule has 0 spiro atoms. The minimum absolute atomic E-state index is 0.0280. The van der Waals surface area contributed by atoms with E-state index in [1.807, 2.05) is 0 Å². The van der Waals surface area contributed by atoms with Crippen molar-refractivity contribution in [1.82, 2.24) is 0 Å². The molecule has 1 aromatic carbocycles. The molecule has 0 heterocycles. The van der Waals surface area contributed by atoms with E-state index in [1.165, 1.54) is 12.1 Å². The van der Waals surface area contributed by atoms with Gasteiger partial charge in [0.2, 0.25) is 11.5 Å². The van der Waals surface area contributed by atoms with Gasteiger partial charge in [-0.05, 0) is 30.7 Å². The Balaban J connectivity index is 2.86. The lowest BCUT2D eigenvalue weighted by molar-refractivity contribution is -0.274. The molecule has 0 aliphatic rings. The van der Waals surface area contributed by atoms with Gasteiger partial charge in [-0.1, -0.05) is 4.47 Å². The Bertz CT molecular complexity index is 430. The van der Waals surface area contributed by atoms with Gasteiger partial charge in [-0.15, -0.1) is 13.2 Å². The number of halogens is 3. The van der Waals surface area contributed by atoms with Gasteiger partial charge < -0.3 is 4.74 Å². The van der Waals surface area contributed by atoms with E-state index in [1.54, 1.807) is 6.92 Å². The highest BCUT2D eigenvalue weighted by Gasteiger charge is 2.31. The molecular weight excluding hydrogens is 245 g/mol. The van der Waals surface area contributed by atoms with Gasteiger partial charge in [0, 0.05) is 0 Å². The van der Waals surface area contributed by atoms with Crippen LogP contribution in [-0.4, -0.2) is 10.6 Å². The first kappa shape index (κ1) is 12.5. The summed E-state index contributed by atoms with van der Waals surface area (Å²) in [4.78, 5) is 0. The maximum Gasteiger partial charge on any atom is 0.573 e. The predicted octanol–water partition coefficient (Wildman–Crippen LogP) is 2.62. The molecule has 0 aliphatic heterocycles. The topological polar surface area (TPSA) is 50.7 Å². The second-order valence-electron chi connectivity index (χ2n) is 2.80. The molecule has 0 unspecified atom stereocenters. The SMILES string of the molecule is Cc1cc(OC(F)(F)F)ccc1NN=S=O. The van der Waals surface area contributed by atoms with Gasteiger partial charge in [0.15, 0.2) is 0 Å². The summed E-state index contributed by atoms with van der Waals surface area (Å²) in [5.41, 5.74) is 3.32. The van der Waals surface area contributed by atoms with Gasteiger partial charge in [0.05, 0.1) is 5.69 Å². The summed E-state index contributed by atoms with van der Waals surface area (Å²) < 4.78 is 52.6. The summed E-state index contributed by atoms with van der Waals surface area (Å²) in [6, 6.07) is 3.67. The number of aryl methyl sites for hydroxylation is 1. The predicted molar refractivity (Wildman–Crippen MR) is 52.1 cm³/mol. The van der Waals surface area contributed by atoms with Crippen molar-refractivity contribution in [2.24, 2.45) is 4.47 Å². The highest BCUT2D eigenvalue weighted by Crippen LogP contribution is 2.26. The van der Waals surface area contributed by atoms with Crippen molar-refractivity contribution < 1.29 is 22.1 Å². The molecule has 0 fully saturated rings. The van der Waals surface area contributed by atoms with Crippen LogP contribution < -0.4 is 10.2 Å². The number of alkyl halides is 3. The minimum Gasteiger partial charge on any atom is -0.406 e. The van der Waals surface area contributed by atoms with E-state index < -0.39 is 6.36 Å². The Hall–Kier alpha value is -1.57. The monoisotopic (exact) mass is 252 g/mol. The summed E-state index contributed by atoms with van der Waals surface area (Å²) >= 11 is -0.0280. The van der Waals surface area contributed by atoms with Crippen LogP contribution in [0.15, 0.2) is 22.7 Å². The maximum atomic E-state index is 11.9. The van der Waals surface area contributed by atoms with Crippen LogP contribution in [0.1, 0.15) is 5.56 Å². The van der Waals surface area contributed by atoms with E-state index in [4.69, 9.17) is 0 Å². The molecule has 16 heavy (non-hydrogen) atoms. The lowest BCUT2D eigenvalue weighted by Gasteiger charge is -2.10. The van der Waals surface area contributed by atoms with E-state index in [9.17, 15) is 17.4 Å². The number of hydrogen-bond acceptors (Lipinski definition) is 3. The third-order valence-electron chi connectivity index (χ3n) is 1.63. The van der Waals surface area contributed by atoms with Crippen LogP contribution in [0.3, 0.4) is 0 Å². The molecule has 8 heteroatoms. The number of nitrogens with zero attached hydrogens (tertiary/aromatic N) is 1. The van der Waals surface area contributed by atoms with Crippen LogP contribution in [0.25, 0.3) is 0 Å². The standard InChI is InChI=1S/C8H7F3N2O2S/c1-5-4-6(15-8(9,10)11)2-3-7(5)12-13-16-14/h2-4,12H,1H3. The van der Waals surface area contributed by atoms with E-state index >= 15 is 0 Å². The first-order valence-electron chi connectivity index (χ1n) is 4.04. The number of benzene rings is 1. The molecule has 0 saturated heterocycles. The van der Waals surface area contributed by atoms with E-state index in [0.717, 1.165) is 6.07 Å². The summed E-state index contributed by atoms with van der Waals surface area (Å²) in [7, 11) is 0. The van der Waals surface area contributed by atoms with Crippen molar-refractivity contribution in [2.45, 2.75) is 13.3 Å². The van der Waals surface area contributed by atoms with Crippen LogP contribution in [-0.2, 0) is 11.5 Å². The average molecular weight is 252 g/mol. The van der Waals surface area contributed by atoms with Gasteiger partial charge in [-0.25, -0.2) is 0 Å². The molecule has 1 rings (SSSR count). The normalized spacial score (nSPS) is 10.8. The van der Waals surface area contributed by atoms with Gasteiger partial charge in [0.25, 0.3) is 0 Å². The fourth-order valence-corrected chi connectivity index (χ4v) is 1.16. The van der Waals surface area contributed by atoms with Crippen molar-refractivity contribution in [3.63, 3.8) is 0 Å². The quantitative estimate of drug-likeness (QED) is 0.841. The third-order valence-corrected chi connectivity index (χ3v) is 1.80. The summed E-state index contributed by atoms with van der Waals surface area (Å²) in [6.07, 6.45) is -4.71. The van der Waals surface area contributed by atoms with Crippen molar-refractivity contribution >= 4 is 17.2 Å². The minimum atomic E-state index is -4.71. The molecule has 0 radical (unpaired) electrons. The Labute approximate surface area is 92.6 Å². The molecule has 1 aromatic rings. The smallest absolute Gasteiger partial charge is 0.406 e. The lowest BCUT2D eigenvalue weighted by Crippen LogP contribution is -2.17. The number of hydrogen-bond donors (Lipinski definition) is 1. The van der Waals surface area contributed by atoms with Crippen LogP contribution in [0.5, 0.6) is 5.75 Å². The Morgan fingerprint density at radius 3 is 2.62 bits per heavy atom. The largest absolute Gasteiger partial charge is 0.573 e. The summed E-state index contributed by atoms with van der Waals surface area (Å²) in [5.74, 6) is -0.315. The molecular formula is C8H7F3N2O2S. The Morgan fingerprint density at radius 2 is 2.12 bits per heavy atom. The zero-order chi connectivity index (χ0) is 12.2. The van der Waals surface area contributed by atoms with Crippen LogP contribution >= 0.6 is 0 Å². The third kappa shape index (κ3) is 3.89. The first-order chi connectivity index (χ1) is 7.42. The summed E-state index contributed by atoms with van der Waals surface area (Å²) in [5, 5.41) is 0. The van der Waals surface area contributed by atoms with Crippen LogP contribution in [0, 0.1) is 6.92 Å². The molecule has 0 aromatic heterocycles. The Kier molecular flexibility index (Phi) is 3.88. The van der Waals surface area contributed by atoms with Gasteiger partial charge in [-0.3, -0.25) is 5.43 Å². The summed E-state index contributed by atoms with van der Waals surface area (Å²) in [6.45, 7) is 1.57. The molecule has 88 valence electrons. The number of nitrogens with one attached hydrogen (secondary N) is 1. The van der Waals surface area contributed by atoms with Crippen LogP contribution in [0.2, 0.25) is 0 Å². The molecule has 0 atom stereocenters. The first-order valence-corrected chi connectivity index (χ1v) is 4.73. The molecule has 0 saturated carbocycles. The number of ether oxygens (including phenoxy) is 1. The molecule has 0 amide bonds. The zero-order valence-electron chi connectivity index (χ0n) is 8.04. The number of anilines is 1. The van der Waals surface area contributed by atoms with Crippen LogP contribution in [0.4, 0.5) is 18.9 Å². The van der Waals surface area contributed by atoms with E-state index in [-0.39, 0.29) is 17.2 Å². The highest BCUT2D eigenvalue weighted by atomic mass is 32.1. The molecule has 1 N–H and O–H groups in total. The second kappa shape index (κ2) is 4.97. The molecule has 0 aliphatic carbocycles. The Morgan fingerprint density at radius 1 is 1.44 bits per heavy atom. The lowest BCUT2D eigenvalue weighted by atomic mass is 10.2. The maximum absolute atomic E-state index is 11.9. The highest BCUT2D eigenvalue weighted by molar-refractivity contribution is 7.54. The van der Waals surface area contributed by atoms with Crippen molar-refractivity contribution in [1.29, 1.82) is 0 Å². The van der Waals surface area contributed by atoms with Crippen molar-refractivity contribution in [3.8, 4) is 5.75 Å². The van der Waals surface area contributed by atoms with Gasteiger partial charge >= 0.3 is 6.36 Å². The van der Waals surface area contributed by atoms with E-state index in [0.29, 0.717) is 11.3 Å². The average Bonchev–Trinajstić information content (AvgIpc) is 2.14. The number of rotatable bonds is 3. The molecule has 4 nitrogen and oxygen atoms in total. The second-order valence-corrected chi connectivity index (χ2v) is 3.13. The fraction of sp³-hybridized carbons (Fsp3) is 0.250. The van der Waals surface area contributed by atoms with Gasteiger partial charge in [0.1, 0.15) is 5.75 Å². The van der Waals surface area contributed by atoms with Crippen molar-refractivity contribution in [3.05, 3.63) is 23.8 Å². The van der Waals surface area contributed by atoms with Crippen molar-refractivity contribution in [2.75, 3.05) is 5.43 Å². The zero-order valence-corrected chi connectivity index (χ0v) is 8.85.